The van der Waals surface area contributed by atoms with Gasteiger partial charge in [0.25, 0.3) is 0 Å². The van der Waals surface area contributed by atoms with Gasteiger partial charge < -0.3 is 20.4 Å². The first-order valence-electron chi connectivity index (χ1n) is 10.3. The predicted octanol–water partition coefficient (Wildman–Crippen LogP) is 3.21. The summed E-state index contributed by atoms with van der Waals surface area (Å²) in [5.41, 5.74) is 4.91. The van der Waals surface area contributed by atoms with Crippen LogP contribution in [-0.4, -0.2) is 53.2 Å². The molecule has 160 valence electrons. The summed E-state index contributed by atoms with van der Waals surface area (Å²) in [6.07, 6.45) is 3.11. The number of hydrogen-bond acceptors (Lipinski definition) is 7. The van der Waals surface area contributed by atoms with Gasteiger partial charge in [0.05, 0.1) is 23.6 Å². The highest BCUT2D eigenvalue weighted by molar-refractivity contribution is 6.10. The second-order valence-corrected chi connectivity index (χ2v) is 7.44. The number of fused-ring (bicyclic) bond motifs is 3. The van der Waals surface area contributed by atoms with Crippen molar-refractivity contribution < 1.29 is 9.53 Å². The third-order valence-corrected chi connectivity index (χ3v) is 5.26. The largest absolute Gasteiger partial charge is 0.465 e. The van der Waals surface area contributed by atoms with Crippen molar-refractivity contribution in [3.05, 3.63) is 59.0 Å². The molecule has 3 heterocycles. The van der Waals surface area contributed by atoms with E-state index in [1.807, 2.05) is 19.2 Å². The van der Waals surface area contributed by atoms with Crippen LogP contribution in [0.4, 0.5) is 5.82 Å². The molecule has 1 aromatic carbocycles. The number of carbonyl (C=O) groups is 1. The zero-order valence-corrected chi connectivity index (χ0v) is 18.0. The van der Waals surface area contributed by atoms with Crippen molar-refractivity contribution in [1.82, 2.24) is 25.3 Å². The van der Waals surface area contributed by atoms with E-state index in [1.54, 1.807) is 6.07 Å². The van der Waals surface area contributed by atoms with Crippen LogP contribution in [0.5, 0.6) is 0 Å². The lowest BCUT2D eigenvalue weighted by Crippen LogP contribution is -2.14. The zero-order chi connectivity index (χ0) is 21.8. The highest BCUT2D eigenvalue weighted by atomic mass is 16.5. The van der Waals surface area contributed by atoms with Gasteiger partial charge in [0.1, 0.15) is 22.8 Å². The standard InChI is InChI=1S/C23H26N6O2/c1-14-7-4-5-8-15(14)12-18-28-21(25-10-6-9-24-2)19-20-17(27-22(19)29-18)11-16(13-26-20)23(30)31-3/h4-5,7-8,11,13,24H,6,9-10,12H2,1-3H3,(H2,25,27,28,29). The Kier molecular flexibility index (Phi) is 6.08. The van der Waals surface area contributed by atoms with Gasteiger partial charge in [-0.3, -0.25) is 4.98 Å². The van der Waals surface area contributed by atoms with Gasteiger partial charge in [-0.15, -0.1) is 0 Å². The lowest BCUT2D eigenvalue weighted by Gasteiger charge is -2.10. The van der Waals surface area contributed by atoms with Gasteiger partial charge >= 0.3 is 5.97 Å². The SMILES string of the molecule is CNCCCNc1nc(Cc2ccccc2C)nc2[nH]c3cc(C(=O)OC)cnc3c12. The molecule has 8 heteroatoms. The van der Waals surface area contributed by atoms with Crippen molar-refractivity contribution in [2.45, 2.75) is 19.8 Å². The van der Waals surface area contributed by atoms with E-state index in [0.29, 0.717) is 17.6 Å². The Morgan fingerprint density at radius 3 is 2.81 bits per heavy atom. The van der Waals surface area contributed by atoms with Crippen LogP contribution < -0.4 is 10.6 Å². The summed E-state index contributed by atoms with van der Waals surface area (Å²) in [6, 6.07) is 9.98. The summed E-state index contributed by atoms with van der Waals surface area (Å²) in [7, 11) is 3.29. The molecule has 3 N–H and O–H groups in total. The molecule has 0 unspecified atom stereocenters. The number of ether oxygens (including phenoxy) is 1. The van der Waals surface area contributed by atoms with Gasteiger partial charge in [0.2, 0.25) is 0 Å². The molecule has 0 atom stereocenters. The number of hydrogen-bond donors (Lipinski definition) is 3. The Labute approximate surface area is 180 Å². The first kappa shape index (κ1) is 20.7. The predicted molar refractivity (Wildman–Crippen MR) is 122 cm³/mol. The fourth-order valence-corrected chi connectivity index (χ4v) is 3.60. The molecule has 0 amide bonds. The Bertz CT molecular complexity index is 1230. The van der Waals surface area contributed by atoms with E-state index < -0.39 is 5.97 Å². The maximum Gasteiger partial charge on any atom is 0.339 e. The van der Waals surface area contributed by atoms with Gasteiger partial charge in [-0.2, -0.15) is 0 Å². The van der Waals surface area contributed by atoms with Crippen LogP contribution in [0.15, 0.2) is 36.5 Å². The number of benzene rings is 1. The number of nitrogens with one attached hydrogen (secondary N) is 3. The minimum absolute atomic E-state index is 0.387. The van der Waals surface area contributed by atoms with Crippen LogP contribution in [-0.2, 0) is 11.2 Å². The summed E-state index contributed by atoms with van der Waals surface area (Å²) in [4.78, 5) is 29.3. The third kappa shape index (κ3) is 4.34. The Morgan fingerprint density at radius 2 is 2.03 bits per heavy atom. The van der Waals surface area contributed by atoms with Gasteiger partial charge in [-0.25, -0.2) is 14.8 Å². The van der Waals surface area contributed by atoms with Crippen molar-refractivity contribution in [3.63, 3.8) is 0 Å². The molecule has 0 saturated heterocycles. The highest BCUT2D eigenvalue weighted by Crippen LogP contribution is 2.29. The number of aryl methyl sites for hydroxylation is 1. The van der Waals surface area contributed by atoms with Gasteiger partial charge in [0.15, 0.2) is 0 Å². The first-order chi connectivity index (χ1) is 15.1. The lowest BCUT2D eigenvalue weighted by atomic mass is 10.1. The maximum absolute atomic E-state index is 11.9. The molecule has 4 rings (SSSR count). The van der Waals surface area contributed by atoms with Crippen LogP contribution in [0.3, 0.4) is 0 Å². The maximum atomic E-state index is 11.9. The number of H-pyrrole nitrogens is 1. The van der Waals surface area contributed by atoms with Crippen molar-refractivity contribution in [2.75, 3.05) is 32.6 Å². The number of esters is 1. The average Bonchev–Trinajstić information content (AvgIpc) is 3.15. The third-order valence-electron chi connectivity index (χ3n) is 5.26. The highest BCUT2D eigenvalue weighted by Gasteiger charge is 2.17. The fourth-order valence-electron chi connectivity index (χ4n) is 3.60. The van der Waals surface area contributed by atoms with Gasteiger partial charge in [-0.1, -0.05) is 24.3 Å². The molecule has 0 aliphatic rings. The number of rotatable bonds is 8. The molecular weight excluding hydrogens is 392 g/mol. The number of methoxy groups -OCH3 is 1. The number of carbonyl (C=O) groups excluding carboxylic acids is 1. The molecule has 0 spiro atoms. The summed E-state index contributed by atoms with van der Waals surface area (Å²) in [5.74, 6) is 1.04. The normalized spacial score (nSPS) is 11.2. The number of pyridine rings is 1. The smallest absolute Gasteiger partial charge is 0.339 e. The number of nitrogens with zero attached hydrogens (tertiary/aromatic N) is 3. The van der Waals surface area contributed by atoms with Gasteiger partial charge in [0, 0.05) is 19.2 Å². The van der Waals surface area contributed by atoms with E-state index in [-0.39, 0.29) is 0 Å². The Balaban J connectivity index is 1.79. The van der Waals surface area contributed by atoms with E-state index in [4.69, 9.17) is 14.7 Å². The quantitative estimate of drug-likeness (QED) is 0.298. The second kappa shape index (κ2) is 9.09. The molecule has 0 radical (unpaired) electrons. The molecular formula is C23H26N6O2. The average molecular weight is 419 g/mol. The molecule has 4 aromatic rings. The van der Waals surface area contributed by atoms with Gasteiger partial charge in [-0.05, 0) is 44.1 Å². The van der Waals surface area contributed by atoms with Crippen LogP contribution in [0.1, 0.15) is 33.7 Å². The van der Waals surface area contributed by atoms with Crippen LogP contribution >= 0.6 is 0 Å². The minimum Gasteiger partial charge on any atom is -0.465 e. The Morgan fingerprint density at radius 1 is 1.19 bits per heavy atom. The molecule has 0 saturated carbocycles. The zero-order valence-electron chi connectivity index (χ0n) is 18.0. The number of aromatic nitrogens is 4. The summed E-state index contributed by atoms with van der Waals surface area (Å²) in [6.45, 7) is 3.77. The summed E-state index contributed by atoms with van der Waals surface area (Å²) in [5, 5.41) is 7.42. The Hall–Kier alpha value is -3.52. The number of aromatic amines is 1. The van der Waals surface area contributed by atoms with Crippen LogP contribution in [0, 0.1) is 6.92 Å². The van der Waals surface area contributed by atoms with Crippen LogP contribution in [0.2, 0.25) is 0 Å². The molecule has 0 aliphatic carbocycles. The molecule has 0 bridgehead atoms. The van der Waals surface area contributed by atoms with Crippen molar-refractivity contribution >= 4 is 33.9 Å². The van der Waals surface area contributed by atoms with Crippen molar-refractivity contribution in [2.24, 2.45) is 0 Å². The topological polar surface area (TPSA) is 105 Å². The number of anilines is 1. The van der Waals surface area contributed by atoms with Crippen molar-refractivity contribution in [1.29, 1.82) is 0 Å². The lowest BCUT2D eigenvalue weighted by molar-refractivity contribution is 0.0600. The molecule has 0 aliphatic heterocycles. The fraction of sp³-hybridized carbons (Fsp3) is 0.304. The minimum atomic E-state index is -0.426. The molecule has 31 heavy (non-hydrogen) atoms. The molecule has 3 aromatic heterocycles. The van der Waals surface area contributed by atoms with E-state index >= 15 is 0 Å². The first-order valence-corrected chi connectivity index (χ1v) is 10.3. The summed E-state index contributed by atoms with van der Waals surface area (Å²) < 4.78 is 4.82. The molecule has 8 nitrogen and oxygen atoms in total. The van der Waals surface area contributed by atoms with E-state index in [0.717, 1.165) is 47.6 Å². The molecule has 0 fully saturated rings. The van der Waals surface area contributed by atoms with E-state index in [1.165, 1.54) is 24.4 Å². The monoisotopic (exact) mass is 418 g/mol. The van der Waals surface area contributed by atoms with Crippen LogP contribution in [0.25, 0.3) is 22.1 Å². The van der Waals surface area contributed by atoms with Crippen molar-refractivity contribution in [3.8, 4) is 0 Å². The summed E-state index contributed by atoms with van der Waals surface area (Å²) >= 11 is 0. The van der Waals surface area contributed by atoms with E-state index in [2.05, 4.69) is 39.7 Å². The second-order valence-electron chi connectivity index (χ2n) is 7.44. The van der Waals surface area contributed by atoms with E-state index in [9.17, 15) is 4.79 Å².